The molecule has 0 unspecified atom stereocenters. The van der Waals surface area contributed by atoms with Crippen LogP contribution in [0.1, 0.15) is 24.1 Å². The first kappa shape index (κ1) is 13.1. The maximum absolute atomic E-state index is 9.40. The van der Waals surface area contributed by atoms with Crippen LogP contribution in [0.25, 0.3) is 11.1 Å². The average molecular weight is 269 g/mol. The van der Waals surface area contributed by atoms with Gasteiger partial charge in [-0.3, -0.25) is 4.98 Å². The Balaban J connectivity index is 1.87. The van der Waals surface area contributed by atoms with Crippen LogP contribution in [0.2, 0.25) is 0 Å². The van der Waals surface area contributed by atoms with Crippen LogP contribution in [0.4, 0.5) is 0 Å². The number of rotatable bonds is 5. The lowest BCUT2D eigenvalue weighted by atomic mass is 10.0. The van der Waals surface area contributed by atoms with Gasteiger partial charge in [0.25, 0.3) is 0 Å². The second-order valence-corrected chi connectivity index (χ2v) is 5.42. The second-order valence-electron chi connectivity index (χ2n) is 5.42. The number of hydrogen-bond acceptors (Lipinski definition) is 3. The molecule has 1 aromatic heterocycles. The quantitative estimate of drug-likeness (QED) is 0.905. The van der Waals surface area contributed by atoms with E-state index in [1.807, 2.05) is 37.4 Å². The molecule has 0 radical (unpaired) electrons. The van der Waals surface area contributed by atoms with Gasteiger partial charge in [0, 0.05) is 23.0 Å². The van der Waals surface area contributed by atoms with Crippen LogP contribution in [0.15, 0.2) is 36.5 Å². The highest BCUT2D eigenvalue weighted by Gasteiger charge is 2.22. The van der Waals surface area contributed by atoms with Crippen LogP contribution in [0.5, 0.6) is 5.75 Å². The molecule has 1 aliphatic rings. The highest BCUT2D eigenvalue weighted by molar-refractivity contribution is 5.65. The first-order chi connectivity index (χ1) is 9.76. The van der Waals surface area contributed by atoms with Crippen LogP contribution >= 0.6 is 0 Å². The Morgan fingerprint density at radius 1 is 1.20 bits per heavy atom. The third-order valence-corrected chi connectivity index (χ3v) is 3.65. The summed E-state index contributed by atoms with van der Waals surface area (Å²) >= 11 is 0. The first-order valence-electron chi connectivity index (χ1n) is 7.06. The number of aromatic nitrogens is 1. The largest absolute Gasteiger partial charge is 0.493 e. The minimum atomic E-state index is 0.00638. The molecule has 0 atom stereocenters. The van der Waals surface area contributed by atoms with Gasteiger partial charge in [-0.15, -0.1) is 0 Å². The Morgan fingerprint density at radius 2 is 2.00 bits per heavy atom. The zero-order valence-corrected chi connectivity index (χ0v) is 11.7. The van der Waals surface area contributed by atoms with Crippen LogP contribution < -0.4 is 4.74 Å². The van der Waals surface area contributed by atoms with E-state index in [4.69, 9.17) is 4.74 Å². The molecule has 1 aliphatic carbocycles. The monoisotopic (exact) mass is 269 g/mol. The Bertz CT molecular complexity index is 588. The molecule has 1 fully saturated rings. The van der Waals surface area contributed by atoms with Gasteiger partial charge in [-0.05, 0) is 43.4 Å². The Hall–Kier alpha value is -1.87. The first-order valence-corrected chi connectivity index (χ1v) is 7.06. The number of hydrogen-bond donors (Lipinski definition) is 1. The Labute approximate surface area is 119 Å². The van der Waals surface area contributed by atoms with Gasteiger partial charge in [0.2, 0.25) is 0 Å². The van der Waals surface area contributed by atoms with Crippen LogP contribution in [-0.2, 0) is 6.61 Å². The molecule has 1 N–H and O–H groups in total. The van der Waals surface area contributed by atoms with Crippen molar-refractivity contribution in [1.29, 1.82) is 0 Å². The number of aryl methyl sites for hydroxylation is 1. The molecule has 1 heterocycles. The molecule has 3 nitrogen and oxygen atoms in total. The van der Waals surface area contributed by atoms with Crippen molar-refractivity contribution < 1.29 is 9.84 Å². The molecule has 0 bridgehead atoms. The van der Waals surface area contributed by atoms with E-state index in [1.54, 1.807) is 0 Å². The van der Waals surface area contributed by atoms with Crippen molar-refractivity contribution in [3.63, 3.8) is 0 Å². The standard InChI is InChI=1S/C17H19NO2/c1-12-2-5-15(9-18-12)14-6-7-16(10-19)17(8-14)20-11-13-3-4-13/h2,5-9,13,19H,3-4,10-11H2,1H3. The lowest BCUT2D eigenvalue weighted by Gasteiger charge is -2.12. The van der Waals surface area contributed by atoms with Gasteiger partial charge < -0.3 is 9.84 Å². The zero-order valence-electron chi connectivity index (χ0n) is 11.7. The maximum Gasteiger partial charge on any atom is 0.125 e. The summed E-state index contributed by atoms with van der Waals surface area (Å²) in [5.74, 6) is 1.49. The van der Waals surface area contributed by atoms with Crippen LogP contribution in [0, 0.1) is 12.8 Å². The number of nitrogens with zero attached hydrogens (tertiary/aromatic N) is 1. The normalized spacial score (nSPS) is 14.3. The number of aliphatic hydroxyl groups is 1. The number of aliphatic hydroxyl groups excluding tert-OH is 1. The van der Waals surface area contributed by atoms with Crippen molar-refractivity contribution in [2.24, 2.45) is 5.92 Å². The average Bonchev–Trinajstić information content (AvgIpc) is 3.30. The maximum atomic E-state index is 9.40. The summed E-state index contributed by atoms with van der Waals surface area (Å²) in [5.41, 5.74) is 3.98. The topological polar surface area (TPSA) is 42.4 Å². The molecule has 2 aromatic rings. The van der Waals surface area contributed by atoms with E-state index in [0.29, 0.717) is 5.92 Å². The summed E-state index contributed by atoms with van der Waals surface area (Å²) in [7, 11) is 0. The van der Waals surface area contributed by atoms with Gasteiger partial charge in [0.1, 0.15) is 5.75 Å². The van der Waals surface area contributed by atoms with Gasteiger partial charge >= 0.3 is 0 Å². The molecule has 0 saturated heterocycles. The van der Waals surface area contributed by atoms with E-state index < -0.39 is 0 Å². The van der Waals surface area contributed by atoms with Crippen LogP contribution in [-0.4, -0.2) is 16.7 Å². The molecule has 20 heavy (non-hydrogen) atoms. The molecule has 1 aromatic carbocycles. The molecular weight excluding hydrogens is 250 g/mol. The van der Waals surface area contributed by atoms with Gasteiger partial charge in [-0.1, -0.05) is 18.2 Å². The molecule has 104 valence electrons. The molecule has 0 spiro atoms. The van der Waals surface area contributed by atoms with E-state index in [-0.39, 0.29) is 6.61 Å². The van der Waals surface area contributed by atoms with E-state index in [1.165, 1.54) is 12.8 Å². The summed E-state index contributed by atoms with van der Waals surface area (Å²) in [6, 6.07) is 9.99. The van der Waals surface area contributed by atoms with E-state index >= 15 is 0 Å². The number of pyridine rings is 1. The predicted molar refractivity (Wildman–Crippen MR) is 78.6 cm³/mol. The van der Waals surface area contributed by atoms with Crippen LogP contribution in [0.3, 0.4) is 0 Å². The molecule has 3 heteroatoms. The summed E-state index contributed by atoms with van der Waals surface area (Å²) in [4.78, 5) is 4.32. The van der Waals surface area contributed by atoms with Crippen molar-refractivity contribution in [2.45, 2.75) is 26.4 Å². The van der Waals surface area contributed by atoms with E-state index in [2.05, 4.69) is 11.1 Å². The Kier molecular flexibility index (Phi) is 3.70. The third-order valence-electron chi connectivity index (χ3n) is 3.65. The molecule has 0 aliphatic heterocycles. The van der Waals surface area contributed by atoms with Gasteiger partial charge in [0.05, 0.1) is 13.2 Å². The third kappa shape index (κ3) is 2.99. The number of ether oxygens (including phenoxy) is 1. The minimum absolute atomic E-state index is 0.00638. The van der Waals surface area contributed by atoms with Gasteiger partial charge in [-0.25, -0.2) is 0 Å². The number of benzene rings is 1. The van der Waals surface area contributed by atoms with Gasteiger partial charge in [-0.2, -0.15) is 0 Å². The summed E-state index contributed by atoms with van der Waals surface area (Å²) < 4.78 is 5.86. The fourth-order valence-corrected chi connectivity index (χ4v) is 2.13. The summed E-state index contributed by atoms with van der Waals surface area (Å²) in [6.45, 7) is 2.73. The van der Waals surface area contributed by atoms with Crippen molar-refractivity contribution in [2.75, 3.05) is 6.61 Å². The molecule has 3 rings (SSSR count). The molecular formula is C17H19NO2. The fourth-order valence-electron chi connectivity index (χ4n) is 2.13. The molecule has 0 amide bonds. The summed E-state index contributed by atoms with van der Waals surface area (Å²) in [5, 5.41) is 9.40. The lowest BCUT2D eigenvalue weighted by Crippen LogP contribution is -2.02. The SMILES string of the molecule is Cc1ccc(-c2ccc(CO)c(OCC3CC3)c2)cn1. The second kappa shape index (κ2) is 5.63. The van der Waals surface area contributed by atoms with Crippen molar-refractivity contribution in [3.05, 3.63) is 47.8 Å². The van der Waals surface area contributed by atoms with E-state index in [9.17, 15) is 5.11 Å². The van der Waals surface area contributed by atoms with E-state index in [0.717, 1.165) is 34.7 Å². The Morgan fingerprint density at radius 3 is 2.65 bits per heavy atom. The van der Waals surface area contributed by atoms with Crippen molar-refractivity contribution >= 4 is 0 Å². The van der Waals surface area contributed by atoms with Crippen molar-refractivity contribution in [3.8, 4) is 16.9 Å². The highest BCUT2D eigenvalue weighted by Crippen LogP contribution is 2.32. The highest BCUT2D eigenvalue weighted by atomic mass is 16.5. The minimum Gasteiger partial charge on any atom is -0.493 e. The lowest BCUT2D eigenvalue weighted by molar-refractivity contribution is 0.258. The predicted octanol–water partition coefficient (Wildman–Crippen LogP) is 3.34. The zero-order chi connectivity index (χ0) is 13.9. The van der Waals surface area contributed by atoms with Crippen molar-refractivity contribution in [1.82, 2.24) is 4.98 Å². The smallest absolute Gasteiger partial charge is 0.125 e. The summed E-state index contributed by atoms with van der Waals surface area (Å²) in [6.07, 6.45) is 4.39. The van der Waals surface area contributed by atoms with Gasteiger partial charge in [0.15, 0.2) is 0 Å². The molecule has 1 saturated carbocycles. The fraction of sp³-hybridized carbons (Fsp3) is 0.353.